The van der Waals surface area contributed by atoms with Gasteiger partial charge in [0.1, 0.15) is 6.04 Å². The summed E-state index contributed by atoms with van der Waals surface area (Å²) in [5, 5.41) is 3.43. The Labute approximate surface area is 216 Å². The average molecular weight is 513 g/mol. The molecule has 4 aliphatic heterocycles. The Morgan fingerprint density at radius 2 is 1.76 bits per heavy atom. The fourth-order valence-corrected chi connectivity index (χ4v) is 6.20. The first-order valence-corrected chi connectivity index (χ1v) is 12.7. The van der Waals surface area contributed by atoms with E-state index in [9.17, 15) is 4.79 Å². The van der Waals surface area contributed by atoms with E-state index in [-0.39, 0.29) is 18.8 Å². The minimum absolute atomic E-state index is 0.165. The van der Waals surface area contributed by atoms with E-state index in [0.29, 0.717) is 28.6 Å². The van der Waals surface area contributed by atoms with Gasteiger partial charge in [0.05, 0.1) is 21.3 Å². The lowest BCUT2D eigenvalue weighted by atomic mass is 9.83. The predicted molar refractivity (Wildman–Crippen MR) is 136 cm³/mol. The van der Waals surface area contributed by atoms with Crippen molar-refractivity contribution >= 4 is 5.97 Å². The Balaban J connectivity index is 1.51. The number of hydrogen-bond acceptors (Lipinski definition) is 9. The summed E-state index contributed by atoms with van der Waals surface area (Å²) in [6, 6.07) is 3.55. The molecule has 4 heterocycles. The maximum atomic E-state index is 11.0. The molecule has 10 heteroatoms. The van der Waals surface area contributed by atoms with Crippen LogP contribution in [-0.4, -0.2) is 88.5 Å². The highest BCUT2D eigenvalue weighted by atomic mass is 16.7. The topological polar surface area (TPSA) is 95.3 Å². The standard InChI is InChI=1S/C27H33N3O7/c1-29-10-7-15-17(13-30-11-8-28-9-12-30)23-26(36-14-35-23)25(34-4)19(15)21(29)22-16-5-6-18(32-2)24(33-3)20(16)27(31)37-22/h5-6,21-22,28H,7-14H2,1-4H3/p+1/t21-,22+/m1/s1. The van der Waals surface area contributed by atoms with Gasteiger partial charge in [-0.05, 0) is 31.2 Å². The van der Waals surface area contributed by atoms with Crippen molar-refractivity contribution in [1.82, 2.24) is 15.1 Å². The van der Waals surface area contributed by atoms with Gasteiger partial charge in [-0.2, -0.15) is 0 Å². The molecule has 6 rings (SSSR count). The molecule has 1 saturated heterocycles. The fourth-order valence-electron chi connectivity index (χ4n) is 6.20. The van der Waals surface area contributed by atoms with Gasteiger partial charge < -0.3 is 38.5 Å². The largest absolute Gasteiger partial charge is 0.522 e. The van der Waals surface area contributed by atoms with Crippen molar-refractivity contribution in [2.45, 2.75) is 25.1 Å². The van der Waals surface area contributed by atoms with Crippen LogP contribution in [0.3, 0.4) is 0 Å². The second-order valence-corrected chi connectivity index (χ2v) is 9.78. The molecule has 0 unspecified atom stereocenters. The number of hydrogen-bond donors (Lipinski definition) is 1. The number of carbonyl (C=O) groups excluding carboxylic acids is 1. The van der Waals surface area contributed by atoms with Crippen LogP contribution in [0, 0.1) is 0 Å². The van der Waals surface area contributed by atoms with Crippen LogP contribution in [0.4, 0.5) is 0 Å². The van der Waals surface area contributed by atoms with Crippen LogP contribution in [0.15, 0.2) is 12.1 Å². The van der Waals surface area contributed by atoms with Crippen LogP contribution >= 0.6 is 0 Å². The van der Waals surface area contributed by atoms with Gasteiger partial charge >= 0.3 is 5.97 Å². The molecule has 0 amide bonds. The lowest BCUT2D eigenvalue weighted by Crippen LogP contribution is -2.43. The van der Waals surface area contributed by atoms with Gasteiger partial charge in [-0.15, -0.1) is 0 Å². The molecule has 0 aromatic heterocycles. The van der Waals surface area contributed by atoms with Gasteiger partial charge in [0.15, 0.2) is 28.6 Å². The number of rotatable bonds is 6. The van der Waals surface area contributed by atoms with E-state index >= 15 is 0 Å². The Kier molecular flexibility index (Phi) is 6.26. The van der Waals surface area contributed by atoms with E-state index in [1.807, 2.05) is 12.1 Å². The molecule has 0 aliphatic carbocycles. The van der Waals surface area contributed by atoms with E-state index in [2.05, 4.69) is 22.2 Å². The van der Waals surface area contributed by atoms with Crippen LogP contribution in [0.2, 0.25) is 0 Å². The SMILES string of the molecule is COc1ccc2c(c1OC)C(=[OH+])O[C@@H]2[C@H]1c2c(c(CN3CCNCC3)c3c(c2OC)OCO3)CCN1C. The first-order chi connectivity index (χ1) is 18.1. The second-order valence-electron chi connectivity index (χ2n) is 9.78. The molecule has 10 nitrogen and oxygen atoms in total. The van der Waals surface area contributed by atoms with Crippen molar-refractivity contribution < 1.29 is 33.2 Å². The van der Waals surface area contributed by atoms with Crippen LogP contribution in [0.5, 0.6) is 28.7 Å². The van der Waals surface area contributed by atoms with Gasteiger partial charge in [0.25, 0.3) is 0 Å². The molecular formula is C27H34N3O7+. The third kappa shape index (κ3) is 3.77. The fraction of sp³-hybridized carbons (Fsp3) is 0.519. The molecule has 4 aliphatic rings. The number of piperazine rings is 1. The quantitative estimate of drug-likeness (QED) is 0.461. The lowest BCUT2D eigenvalue weighted by molar-refractivity contribution is 0.0670. The van der Waals surface area contributed by atoms with Crippen LogP contribution < -0.4 is 29.0 Å². The summed E-state index contributed by atoms with van der Waals surface area (Å²) in [5.41, 5.74) is 4.74. The molecule has 37 heavy (non-hydrogen) atoms. The van der Waals surface area contributed by atoms with Crippen molar-refractivity contribution in [3.05, 3.63) is 39.9 Å². The molecule has 0 spiro atoms. The summed E-state index contributed by atoms with van der Waals surface area (Å²) >= 11 is 0. The highest BCUT2D eigenvalue weighted by molar-refractivity contribution is 5.98. The van der Waals surface area contributed by atoms with E-state index < -0.39 is 6.10 Å². The minimum atomic E-state index is -0.486. The van der Waals surface area contributed by atoms with Gasteiger partial charge in [-0.25, -0.2) is 0 Å². The average Bonchev–Trinajstić information content (AvgIpc) is 3.53. The highest BCUT2D eigenvalue weighted by Gasteiger charge is 2.52. The third-order valence-corrected chi connectivity index (χ3v) is 7.93. The smallest absolute Gasteiger partial charge is 0.493 e. The van der Waals surface area contributed by atoms with Crippen molar-refractivity contribution in [3.8, 4) is 28.7 Å². The highest BCUT2D eigenvalue weighted by Crippen LogP contribution is 2.57. The molecule has 2 N–H and O–H groups in total. The van der Waals surface area contributed by atoms with E-state index in [0.717, 1.165) is 68.1 Å². The molecule has 2 atom stereocenters. The van der Waals surface area contributed by atoms with E-state index in [4.69, 9.17) is 28.4 Å². The second kappa shape index (κ2) is 9.59. The Bertz CT molecular complexity index is 1230. The number of cyclic esters (lactones) is 1. The Morgan fingerprint density at radius 1 is 1.00 bits per heavy atom. The maximum Gasteiger partial charge on any atom is 0.522 e. The van der Waals surface area contributed by atoms with Crippen molar-refractivity contribution in [3.63, 3.8) is 0 Å². The number of methoxy groups -OCH3 is 3. The van der Waals surface area contributed by atoms with Gasteiger partial charge in [0.2, 0.25) is 18.6 Å². The summed E-state index contributed by atoms with van der Waals surface area (Å²) in [7, 11) is 6.88. The number of nitrogens with zero attached hydrogens (tertiary/aromatic N) is 2. The van der Waals surface area contributed by atoms with Crippen LogP contribution in [0.1, 0.15) is 40.0 Å². The monoisotopic (exact) mass is 512 g/mol. The number of ether oxygens (including phenoxy) is 6. The zero-order valence-corrected chi connectivity index (χ0v) is 21.8. The Morgan fingerprint density at radius 3 is 2.49 bits per heavy atom. The predicted octanol–water partition coefficient (Wildman–Crippen LogP) is 2.00. The van der Waals surface area contributed by atoms with Crippen molar-refractivity contribution in [2.75, 3.05) is 67.9 Å². The zero-order chi connectivity index (χ0) is 25.7. The van der Waals surface area contributed by atoms with Gasteiger partial charge in [0, 0.05) is 56.0 Å². The van der Waals surface area contributed by atoms with Gasteiger partial charge in [-0.3, -0.25) is 9.80 Å². The van der Waals surface area contributed by atoms with E-state index in [1.54, 1.807) is 21.3 Å². The number of nitrogens with one attached hydrogen (secondary N) is 1. The molecule has 1 fully saturated rings. The molecule has 0 radical (unpaired) electrons. The summed E-state index contributed by atoms with van der Waals surface area (Å²) in [5.74, 6) is 2.91. The third-order valence-electron chi connectivity index (χ3n) is 7.93. The first-order valence-electron chi connectivity index (χ1n) is 12.7. The number of esters is 1. The minimum Gasteiger partial charge on any atom is -0.493 e. The molecule has 0 bridgehead atoms. The summed E-state index contributed by atoms with van der Waals surface area (Å²) in [6.07, 6.45) is 0.359. The number of benzene rings is 2. The molecule has 0 saturated carbocycles. The van der Waals surface area contributed by atoms with Crippen LogP contribution in [0.25, 0.3) is 0 Å². The summed E-state index contributed by atoms with van der Waals surface area (Å²) in [4.78, 5) is 15.7. The Hall–Kier alpha value is -3.21. The van der Waals surface area contributed by atoms with Gasteiger partial charge in [-0.1, -0.05) is 0 Å². The molecular weight excluding hydrogens is 478 g/mol. The summed E-state index contributed by atoms with van der Waals surface area (Å²) < 4.78 is 35.3. The normalized spacial score (nSPS) is 22.9. The van der Waals surface area contributed by atoms with Crippen molar-refractivity contribution in [2.24, 2.45) is 0 Å². The van der Waals surface area contributed by atoms with Crippen LogP contribution in [-0.2, 0) is 17.7 Å². The zero-order valence-electron chi connectivity index (χ0n) is 21.8. The molecule has 2 aromatic rings. The maximum absolute atomic E-state index is 11.0. The molecule has 2 aromatic carbocycles. The molecule has 198 valence electrons. The summed E-state index contributed by atoms with van der Waals surface area (Å²) in [6.45, 7) is 5.65. The first kappa shape index (κ1) is 24.1. The lowest BCUT2D eigenvalue weighted by Gasteiger charge is -2.38. The van der Waals surface area contributed by atoms with Crippen molar-refractivity contribution in [1.29, 1.82) is 0 Å². The van der Waals surface area contributed by atoms with E-state index in [1.165, 1.54) is 5.56 Å². The number of fused-ring (bicyclic) bond motifs is 3. The number of likely N-dealkylation sites (N-methyl/N-ethyl adjacent to an activating group) is 1.